The fraction of sp³-hybridized carbons (Fsp3) is 0.562. The van der Waals surface area contributed by atoms with Crippen LogP contribution in [0, 0.1) is 0 Å². The highest BCUT2D eigenvalue weighted by atomic mass is 16.5. The lowest BCUT2D eigenvalue weighted by molar-refractivity contribution is 0.0854. The number of fused-ring (bicyclic) bond motifs is 2. The average molecular weight is 289 g/mol. The van der Waals surface area contributed by atoms with E-state index < -0.39 is 0 Å². The Morgan fingerprint density at radius 3 is 3.00 bits per heavy atom. The van der Waals surface area contributed by atoms with Gasteiger partial charge in [0, 0.05) is 37.1 Å². The molecular formula is C16H19NO4. The second kappa shape index (κ2) is 5.22. The molecular weight excluding hydrogens is 270 g/mol. The Kier molecular flexibility index (Phi) is 3.22. The highest BCUT2D eigenvalue weighted by Gasteiger charge is 2.30. The van der Waals surface area contributed by atoms with E-state index in [4.69, 9.17) is 14.2 Å². The van der Waals surface area contributed by atoms with E-state index in [1.54, 1.807) is 0 Å². The molecule has 112 valence electrons. The number of rotatable bonds is 3. The van der Waals surface area contributed by atoms with E-state index in [0.29, 0.717) is 25.3 Å². The molecule has 5 heteroatoms. The van der Waals surface area contributed by atoms with Crippen LogP contribution >= 0.6 is 0 Å². The molecule has 3 aliphatic heterocycles. The molecule has 0 aromatic heterocycles. The third-order valence-electron chi connectivity index (χ3n) is 4.39. The summed E-state index contributed by atoms with van der Waals surface area (Å²) in [6.45, 7) is 2.65. The Morgan fingerprint density at radius 2 is 2.14 bits per heavy atom. The molecule has 0 spiro atoms. The molecule has 1 atom stereocenters. The van der Waals surface area contributed by atoms with E-state index in [0.717, 1.165) is 54.9 Å². The Balaban J connectivity index is 1.60. The zero-order valence-electron chi connectivity index (χ0n) is 11.9. The molecule has 0 radical (unpaired) electrons. The molecule has 3 aliphatic rings. The first-order chi connectivity index (χ1) is 10.3. The molecule has 1 saturated heterocycles. The van der Waals surface area contributed by atoms with Crippen molar-refractivity contribution < 1.29 is 19.0 Å². The predicted octanol–water partition coefficient (Wildman–Crippen LogP) is 1.47. The summed E-state index contributed by atoms with van der Waals surface area (Å²) in [4.78, 5) is 12.6. The van der Waals surface area contributed by atoms with Gasteiger partial charge in [-0.1, -0.05) is 0 Å². The van der Waals surface area contributed by atoms with Crippen LogP contribution in [-0.4, -0.2) is 38.4 Å². The maximum Gasteiger partial charge on any atom is 0.255 e. The number of amides is 1. The minimum absolute atomic E-state index is 0.0639. The molecule has 5 nitrogen and oxygen atoms in total. The maximum absolute atomic E-state index is 12.6. The Bertz CT molecular complexity index is 546. The molecule has 1 aromatic rings. The predicted molar refractivity (Wildman–Crippen MR) is 76.1 cm³/mol. The van der Waals surface area contributed by atoms with Crippen molar-refractivity contribution in [1.29, 1.82) is 0 Å². The van der Waals surface area contributed by atoms with Crippen molar-refractivity contribution >= 4 is 5.91 Å². The van der Waals surface area contributed by atoms with Gasteiger partial charge in [0.15, 0.2) is 0 Å². The monoisotopic (exact) mass is 289 g/mol. The second-order valence-corrected chi connectivity index (χ2v) is 5.76. The van der Waals surface area contributed by atoms with E-state index in [2.05, 4.69) is 5.32 Å². The summed E-state index contributed by atoms with van der Waals surface area (Å²) in [5, 5.41) is 3.00. The summed E-state index contributed by atoms with van der Waals surface area (Å²) in [6, 6.07) is 2.03. The fourth-order valence-electron chi connectivity index (χ4n) is 3.33. The lowest BCUT2D eigenvalue weighted by Crippen LogP contribution is -2.32. The summed E-state index contributed by atoms with van der Waals surface area (Å²) in [6.07, 6.45) is 3.86. The van der Waals surface area contributed by atoms with Gasteiger partial charge in [-0.3, -0.25) is 4.79 Å². The standard InChI is InChI=1S/C16H19NO4/c18-16(17-9-11-2-1-5-19-11)14-12-4-7-20-13(12)8-10-3-6-21-15(10)14/h8,11H,1-7,9H2,(H,17,18). The topological polar surface area (TPSA) is 56.8 Å². The van der Waals surface area contributed by atoms with E-state index in [9.17, 15) is 4.79 Å². The van der Waals surface area contributed by atoms with E-state index in [1.165, 1.54) is 0 Å². The van der Waals surface area contributed by atoms with Crippen LogP contribution in [0.3, 0.4) is 0 Å². The number of hydrogen-bond acceptors (Lipinski definition) is 4. The van der Waals surface area contributed by atoms with Crippen LogP contribution in [0.5, 0.6) is 11.5 Å². The van der Waals surface area contributed by atoms with Crippen LogP contribution in [0.25, 0.3) is 0 Å². The van der Waals surface area contributed by atoms with Crippen LogP contribution in [0.15, 0.2) is 6.07 Å². The Labute approximate surface area is 123 Å². The van der Waals surface area contributed by atoms with Crippen LogP contribution in [0.4, 0.5) is 0 Å². The third kappa shape index (κ3) is 2.25. The lowest BCUT2D eigenvalue weighted by atomic mass is 9.99. The van der Waals surface area contributed by atoms with Crippen LogP contribution in [0.2, 0.25) is 0 Å². The Hall–Kier alpha value is -1.75. The fourth-order valence-corrected chi connectivity index (χ4v) is 3.33. The molecule has 0 bridgehead atoms. The summed E-state index contributed by atoms with van der Waals surface area (Å²) in [5.41, 5.74) is 2.74. The number of carbonyl (C=O) groups excluding carboxylic acids is 1. The van der Waals surface area contributed by atoms with Crippen molar-refractivity contribution in [2.45, 2.75) is 31.8 Å². The molecule has 0 aliphatic carbocycles. The average Bonchev–Trinajstić information content (AvgIpc) is 3.21. The minimum Gasteiger partial charge on any atom is -0.493 e. The zero-order valence-corrected chi connectivity index (χ0v) is 11.9. The van der Waals surface area contributed by atoms with Crippen LogP contribution < -0.4 is 14.8 Å². The van der Waals surface area contributed by atoms with Gasteiger partial charge >= 0.3 is 0 Å². The quantitative estimate of drug-likeness (QED) is 0.915. The third-order valence-corrected chi connectivity index (χ3v) is 4.39. The van der Waals surface area contributed by atoms with Crippen molar-refractivity contribution in [2.24, 2.45) is 0 Å². The smallest absolute Gasteiger partial charge is 0.255 e. The lowest BCUT2D eigenvalue weighted by Gasteiger charge is -2.15. The normalized spacial score (nSPS) is 22.4. The number of nitrogens with one attached hydrogen (secondary N) is 1. The van der Waals surface area contributed by atoms with Gasteiger partial charge in [-0.15, -0.1) is 0 Å². The molecule has 21 heavy (non-hydrogen) atoms. The van der Waals surface area contributed by atoms with Gasteiger partial charge in [-0.25, -0.2) is 0 Å². The number of benzene rings is 1. The molecule has 0 saturated carbocycles. The number of ether oxygens (including phenoxy) is 3. The molecule has 1 fully saturated rings. The first-order valence-electron chi connectivity index (χ1n) is 7.67. The largest absolute Gasteiger partial charge is 0.493 e. The maximum atomic E-state index is 12.6. The highest BCUT2D eigenvalue weighted by Crippen LogP contribution is 2.40. The molecule has 1 aromatic carbocycles. The van der Waals surface area contributed by atoms with Gasteiger partial charge in [0.1, 0.15) is 11.5 Å². The van der Waals surface area contributed by atoms with E-state index in [1.807, 2.05) is 6.07 Å². The molecule has 1 amide bonds. The molecule has 1 N–H and O–H groups in total. The second-order valence-electron chi connectivity index (χ2n) is 5.76. The Morgan fingerprint density at radius 1 is 1.24 bits per heavy atom. The summed E-state index contributed by atoms with van der Waals surface area (Å²) in [7, 11) is 0. The van der Waals surface area contributed by atoms with E-state index in [-0.39, 0.29) is 12.0 Å². The molecule has 4 rings (SSSR count). The van der Waals surface area contributed by atoms with Crippen molar-refractivity contribution in [1.82, 2.24) is 5.32 Å². The molecule has 1 unspecified atom stereocenters. The number of hydrogen-bond donors (Lipinski definition) is 1. The first kappa shape index (κ1) is 13.0. The highest BCUT2D eigenvalue weighted by molar-refractivity contribution is 6.00. The summed E-state index contributed by atoms with van der Waals surface area (Å²) in [5.74, 6) is 1.54. The number of carbonyl (C=O) groups is 1. The zero-order chi connectivity index (χ0) is 14.2. The van der Waals surface area contributed by atoms with Crippen molar-refractivity contribution in [3.05, 3.63) is 22.8 Å². The van der Waals surface area contributed by atoms with Crippen LogP contribution in [-0.2, 0) is 17.6 Å². The molecule has 3 heterocycles. The van der Waals surface area contributed by atoms with Crippen molar-refractivity contribution in [2.75, 3.05) is 26.4 Å². The van der Waals surface area contributed by atoms with Gasteiger partial charge in [0.2, 0.25) is 0 Å². The summed E-state index contributed by atoms with van der Waals surface area (Å²) >= 11 is 0. The first-order valence-corrected chi connectivity index (χ1v) is 7.67. The van der Waals surface area contributed by atoms with Gasteiger partial charge < -0.3 is 19.5 Å². The minimum atomic E-state index is -0.0639. The van der Waals surface area contributed by atoms with Gasteiger partial charge in [0.05, 0.1) is 24.9 Å². The summed E-state index contributed by atoms with van der Waals surface area (Å²) < 4.78 is 16.9. The SMILES string of the molecule is O=C(NCC1CCCO1)c1c2c(cc3c1OCC3)OCC2. The van der Waals surface area contributed by atoms with E-state index >= 15 is 0 Å². The van der Waals surface area contributed by atoms with Crippen LogP contribution in [0.1, 0.15) is 34.3 Å². The van der Waals surface area contributed by atoms with Crippen molar-refractivity contribution in [3.63, 3.8) is 0 Å². The van der Waals surface area contributed by atoms with Gasteiger partial charge in [-0.05, 0) is 18.9 Å². The van der Waals surface area contributed by atoms with Gasteiger partial charge in [-0.2, -0.15) is 0 Å². The van der Waals surface area contributed by atoms with Gasteiger partial charge in [0.25, 0.3) is 5.91 Å². The van der Waals surface area contributed by atoms with Crippen molar-refractivity contribution in [3.8, 4) is 11.5 Å².